The Morgan fingerprint density at radius 3 is 1.25 bits per heavy atom. The number of aliphatic hydroxyl groups is 2. The van der Waals surface area contributed by atoms with Crippen molar-refractivity contribution in [2.45, 2.75) is 120 Å². The topological polar surface area (TPSA) is 554 Å². The Hall–Kier alpha value is -7.41. The number of aliphatic carboxylic acids is 3. The first-order valence-corrected chi connectivity index (χ1v) is 20.9. The molecule has 0 rings (SSSR count). The van der Waals surface area contributed by atoms with Gasteiger partial charge < -0.3 is 97.2 Å². The summed E-state index contributed by atoms with van der Waals surface area (Å²) in [6, 6.07) is -13.6. The van der Waals surface area contributed by atoms with Crippen LogP contribution in [0.5, 0.6) is 0 Å². The fourth-order valence-electron chi connectivity index (χ4n) is 5.74. The van der Waals surface area contributed by atoms with Crippen molar-refractivity contribution >= 4 is 77.1 Å². The van der Waals surface area contributed by atoms with E-state index in [0.29, 0.717) is 6.42 Å². The molecule has 68 heavy (non-hydrogen) atoms. The number of aliphatic imine (C=N–C) groups is 2. The molecule has 8 atom stereocenters. The molecule has 0 spiro atoms. The molecule has 0 aromatic heterocycles. The highest BCUT2D eigenvalue weighted by atomic mass is 16.4. The number of carboxylic acid groups (broad SMARTS) is 3. The van der Waals surface area contributed by atoms with Crippen LogP contribution < -0.4 is 71.6 Å². The normalized spacial score (nSPS) is 14.3. The van der Waals surface area contributed by atoms with Crippen molar-refractivity contribution < 1.29 is 78.3 Å². The van der Waals surface area contributed by atoms with Crippen molar-refractivity contribution in [3.05, 3.63) is 0 Å². The van der Waals surface area contributed by atoms with E-state index in [2.05, 4.69) is 25.9 Å². The predicted molar refractivity (Wildman–Crippen MR) is 236 cm³/mol. The lowest BCUT2D eigenvalue weighted by atomic mass is 10.0. The van der Waals surface area contributed by atoms with Crippen molar-refractivity contribution in [3.8, 4) is 0 Å². The molecular formula is C37H65N15O16. The molecule has 0 unspecified atom stereocenters. The summed E-state index contributed by atoms with van der Waals surface area (Å²) in [5.41, 5.74) is 32.5. The van der Waals surface area contributed by atoms with Crippen molar-refractivity contribution in [1.82, 2.24) is 37.2 Å². The fraction of sp³-hybridized carbons (Fsp3) is 0.649. The number of rotatable bonds is 34. The highest BCUT2D eigenvalue weighted by Crippen LogP contribution is 2.09. The molecule has 0 aliphatic heterocycles. The van der Waals surface area contributed by atoms with Gasteiger partial charge in [-0.2, -0.15) is 0 Å². The van der Waals surface area contributed by atoms with Gasteiger partial charge in [-0.1, -0.05) is 13.8 Å². The summed E-state index contributed by atoms with van der Waals surface area (Å²) in [7, 11) is 0. The van der Waals surface area contributed by atoms with Gasteiger partial charge in [0.25, 0.3) is 0 Å². The summed E-state index contributed by atoms with van der Waals surface area (Å²) in [4.78, 5) is 146. The lowest BCUT2D eigenvalue weighted by Crippen LogP contribution is -2.61. The van der Waals surface area contributed by atoms with Crippen LogP contribution in [-0.4, -0.2) is 177 Å². The third-order valence-corrected chi connectivity index (χ3v) is 9.17. The maximum Gasteiger partial charge on any atom is 0.326 e. The molecule has 0 bridgehead atoms. The highest BCUT2D eigenvalue weighted by molar-refractivity contribution is 5.98. The second kappa shape index (κ2) is 31.5. The third kappa shape index (κ3) is 25.3. The van der Waals surface area contributed by atoms with E-state index in [4.69, 9.17) is 39.5 Å². The van der Waals surface area contributed by atoms with Gasteiger partial charge >= 0.3 is 17.9 Å². The first-order valence-electron chi connectivity index (χ1n) is 20.9. The van der Waals surface area contributed by atoms with E-state index in [-0.39, 0.29) is 56.6 Å². The number of carbonyl (C=O) groups is 11. The largest absolute Gasteiger partial charge is 0.481 e. The SMILES string of the molecule is CC(C)C[C@H](NC(=O)[C@H](CCCN=C(N)N)NC(=O)[C@@H](N)CCCN=C(N)N)C(=O)N[C@@H](CO)C(=O)N[C@@H](CO)C(=O)N[C@@H](CC(=O)O)C(=O)N[C@@H](CCC(N)=O)C(=O)N[C@@H](CC(=O)O)C(=O)O. The number of nitrogens with zero attached hydrogens (tertiary/aromatic N) is 2. The number of aliphatic hydroxyl groups excluding tert-OH is 2. The molecular weight excluding hydrogens is 910 g/mol. The van der Waals surface area contributed by atoms with Gasteiger partial charge in [0.1, 0.15) is 42.3 Å². The van der Waals surface area contributed by atoms with Crippen LogP contribution in [0.15, 0.2) is 9.98 Å². The summed E-state index contributed by atoms with van der Waals surface area (Å²) in [5, 5.41) is 63.0. The van der Waals surface area contributed by atoms with Crippen LogP contribution >= 0.6 is 0 Å². The number of primary amides is 1. The van der Waals surface area contributed by atoms with Crippen LogP contribution in [0.2, 0.25) is 0 Å². The Bertz CT molecular complexity index is 1840. The van der Waals surface area contributed by atoms with Crippen LogP contribution in [0, 0.1) is 5.92 Å². The monoisotopic (exact) mass is 975 g/mol. The molecule has 24 N–H and O–H groups in total. The highest BCUT2D eigenvalue weighted by Gasteiger charge is 2.35. The van der Waals surface area contributed by atoms with Gasteiger partial charge in [-0.15, -0.1) is 0 Å². The summed E-state index contributed by atoms with van der Waals surface area (Å²) in [5.74, 6) is -14.9. The molecule has 0 aromatic carbocycles. The van der Waals surface area contributed by atoms with E-state index in [1.54, 1.807) is 13.8 Å². The van der Waals surface area contributed by atoms with Gasteiger partial charge in [-0.25, -0.2) is 4.79 Å². The minimum atomic E-state index is -2.09. The molecule has 31 nitrogen and oxygen atoms in total. The molecule has 0 aliphatic rings. The molecule has 0 heterocycles. The summed E-state index contributed by atoms with van der Waals surface area (Å²) >= 11 is 0. The molecule has 0 aliphatic carbocycles. The van der Waals surface area contributed by atoms with Crippen molar-refractivity contribution in [2.24, 2.45) is 50.3 Å². The average molecular weight is 976 g/mol. The molecule has 384 valence electrons. The second-order valence-electron chi connectivity index (χ2n) is 15.5. The van der Waals surface area contributed by atoms with Crippen LogP contribution in [0.1, 0.15) is 71.6 Å². The molecule has 0 radical (unpaired) electrons. The molecule has 0 fully saturated rings. The number of hydrogen-bond donors (Lipinski definition) is 18. The van der Waals surface area contributed by atoms with Gasteiger partial charge in [0.05, 0.1) is 32.1 Å². The van der Waals surface area contributed by atoms with Gasteiger partial charge in [-0.3, -0.25) is 57.9 Å². The fourth-order valence-corrected chi connectivity index (χ4v) is 5.74. The van der Waals surface area contributed by atoms with E-state index >= 15 is 0 Å². The Balaban J connectivity index is 6.23. The maximum atomic E-state index is 13.6. The van der Waals surface area contributed by atoms with Crippen molar-refractivity contribution in [1.29, 1.82) is 0 Å². The molecule has 8 amide bonds. The van der Waals surface area contributed by atoms with E-state index in [0.717, 1.165) is 0 Å². The van der Waals surface area contributed by atoms with E-state index in [1.165, 1.54) is 0 Å². The van der Waals surface area contributed by atoms with Gasteiger partial charge in [0.15, 0.2) is 11.9 Å². The minimum Gasteiger partial charge on any atom is -0.481 e. The number of nitrogens with one attached hydrogen (secondary N) is 7. The van der Waals surface area contributed by atoms with Crippen LogP contribution in [0.25, 0.3) is 0 Å². The second-order valence-corrected chi connectivity index (χ2v) is 15.5. The summed E-state index contributed by atoms with van der Waals surface area (Å²) < 4.78 is 0. The number of amides is 8. The Morgan fingerprint density at radius 2 is 0.824 bits per heavy atom. The quantitative estimate of drug-likeness (QED) is 0.0162. The van der Waals surface area contributed by atoms with Crippen LogP contribution in [0.3, 0.4) is 0 Å². The Labute approximate surface area is 388 Å². The minimum absolute atomic E-state index is 0.0423. The smallest absolute Gasteiger partial charge is 0.326 e. The molecule has 0 aromatic rings. The number of hydrogen-bond acceptors (Lipinski definition) is 16. The van der Waals surface area contributed by atoms with Crippen LogP contribution in [0.4, 0.5) is 0 Å². The first kappa shape index (κ1) is 60.6. The Kier molecular flexibility index (Phi) is 28.1. The van der Waals surface area contributed by atoms with Gasteiger partial charge in [0.2, 0.25) is 47.3 Å². The van der Waals surface area contributed by atoms with E-state index in [9.17, 15) is 73.2 Å². The lowest BCUT2D eigenvalue weighted by Gasteiger charge is -2.27. The number of carbonyl (C=O) groups excluding carboxylic acids is 8. The van der Waals surface area contributed by atoms with Gasteiger partial charge in [-0.05, 0) is 44.4 Å². The number of guanidine groups is 2. The maximum absolute atomic E-state index is 13.6. The summed E-state index contributed by atoms with van der Waals surface area (Å²) in [6.45, 7) is 1.26. The lowest BCUT2D eigenvalue weighted by molar-refractivity contribution is -0.147. The zero-order chi connectivity index (χ0) is 52.3. The first-order chi connectivity index (χ1) is 31.7. The Morgan fingerprint density at radius 1 is 0.471 bits per heavy atom. The van der Waals surface area contributed by atoms with E-state index < -0.39 is 152 Å². The van der Waals surface area contributed by atoms with Crippen molar-refractivity contribution in [2.75, 3.05) is 26.3 Å². The molecule has 31 heteroatoms. The van der Waals surface area contributed by atoms with E-state index in [1.807, 2.05) is 21.3 Å². The predicted octanol–water partition coefficient (Wildman–Crippen LogP) is -8.86. The molecule has 0 saturated carbocycles. The molecule has 0 saturated heterocycles. The zero-order valence-corrected chi connectivity index (χ0v) is 37.5. The zero-order valence-electron chi connectivity index (χ0n) is 37.5. The van der Waals surface area contributed by atoms with Crippen molar-refractivity contribution in [3.63, 3.8) is 0 Å². The number of carboxylic acids is 3. The average Bonchev–Trinajstić information content (AvgIpc) is 3.23. The number of nitrogens with two attached hydrogens (primary N) is 6. The van der Waals surface area contributed by atoms with Crippen LogP contribution in [-0.2, 0) is 52.7 Å². The van der Waals surface area contributed by atoms with Gasteiger partial charge in [0, 0.05) is 19.5 Å². The summed E-state index contributed by atoms with van der Waals surface area (Å²) in [6.07, 6.45) is -3.00. The third-order valence-electron chi connectivity index (χ3n) is 9.17. The standard InChI is InChI=1S/C37H65N15O16/c1-16(2)11-20(48-29(61)18(6-4-10-45-37(42)43)46-28(60)17(38)5-3-9-44-36(40)41)31(63)51-24(15-54)34(66)52-23(14-53)33(65)49-21(12-26(56)57)32(64)47-19(7-8-25(39)55)30(62)50-22(35(67)68)13-27(58)59/h16-24,53-54H,3-15,38H2,1-2H3,(H2,39,55)(H,46,60)(H,47,64)(H,48,61)(H,49,65)(H,50,62)(H,51,63)(H,52,66)(H,56,57)(H,58,59)(H,67,68)(H4,40,41,44)(H4,42,43,45)/t17-,18-,19-,20-,21-,22-,23-,24-/m0/s1.